The maximum Gasteiger partial charge on any atom is 0.248 e. The van der Waals surface area contributed by atoms with Crippen LogP contribution in [-0.4, -0.2) is 12.5 Å². The van der Waals surface area contributed by atoms with E-state index in [0.717, 1.165) is 12.0 Å². The van der Waals surface area contributed by atoms with Gasteiger partial charge in [-0.1, -0.05) is 6.07 Å². The summed E-state index contributed by atoms with van der Waals surface area (Å²) in [7, 11) is 0. The number of hydrogen-bond acceptors (Lipinski definition) is 2. The third kappa shape index (κ3) is 3.34. The van der Waals surface area contributed by atoms with Crippen molar-refractivity contribution in [1.82, 2.24) is 0 Å². The van der Waals surface area contributed by atoms with Crippen molar-refractivity contribution in [3.05, 3.63) is 23.8 Å². The molecule has 1 aromatic rings. The van der Waals surface area contributed by atoms with Gasteiger partial charge in [0.15, 0.2) is 0 Å². The Morgan fingerprint density at radius 1 is 1.44 bits per heavy atom. The van der Waals surface area contributed by atoms with Crippen molar-refractivity contribution >= 4 is 5.69 Å². The van der Waals surface area contributed by atoms with Gasteiger partial charge in [-0.25, -0.2) is 8.78 Å². The van der Waals surface area contributed by atoms with E-state index >= 15 is 0 Å². The van der Waals surface area contributed by atoms with Crippen molar-refractivity contribution in [3.63, 3.8) is 0 Å². The minimum atomic E-state index is -2.52. The first-order valence-corrected chi connectivity index (χ1v) is 6.33. The Kier molecular flexibility index (Phi) is 3.73. The number of aryl methyl sites for hydroxylation is 1. The lowest BCUT2D eigenvalue weighted by atomic mass is 9.87. The Bertz CT molecular complexity index is 420. The third-order valence-corrected chi connectivity index (χ3v) is 3.43. The highest BCUT2D eigenvalue weighted by atomic mass is 19.3. The Morgan fingerprint density at radius 3 is 2.94 bits per heavy atom. The smallest absolute Gasteiger partial charge is 0.248 e. The minimum Gasteiger partial charge on any atom is -0.493 e. The first kappa shape index (κ1) is 13.1. The van der Waals surface area contributed by atoms with Gasteiger partial charge in [0.25, 0.3) is 0 Å². The van der Waals surface area contributed by atoms with Gasteiger partial charge in [-0.3, -0.25) is 0 Å². The molecule has 0 radical (unpaired) electrons. The van der Waals surface area contributed by atoms with Crippen molar-refractivity contribution in [1.29, 1.82) is 0 Å². The first-order chi connectivity index (χ1) is 8.46. The summed E-state index contributed by atoms with van der Waals surface area (Å²) in [5.41, 5.74) is 7.29. The summed E-state index contributed by atoms with van der Waals surface area (Å²) in [6, 6.07) is 5.42. The van der Waals surface area contributed by atoms with Crippen molar-refractivity contribution in [2.45, 2.75) is 38.5 Å². The lowest BCUT2D eigenvalue weighted by Gasteiger charge is -2.28. The second-order valence-electron chi connectivity index (χ2n) is 5.15. The van der Waals surface area contributed by atoms with Gasteiger partial charge in [-0.05, 0) is 37.3 Å². The predicted molar refractivity (Wildman–Crippen MR) is 68.0 cm³/mol. The summed E-state index contributed by atoms with van der Waals surface area (Å²) in [6.07, 6.45) is 1.35. The van der Waals surface area contributed by atoms with Crippen LogP contribution in [0.5, 0.6) is 5.75 Å². The van der Waals surface area contributed by atoms with E-state index in [0.29, 0.717) is 24.5 Å². The summed E-state index contributed by atoms with van der Waals surface area (Å²) < 4.78 is 32.1. The van der Waals surface area contributed by atoms with Crippen molar-refractivity contribution in [3.8, 4) is 5.75 Å². The van der Waals surface area contributed by atoms with Crippen LogP contribution in [0.4, 0.5) is 14.5 Å². The molecule has 2 N–H and O–H groups in total. The highest BCUT2D eigenvalue weighted by molar-refractivity contribution is 5.47. The molecule has 4 heteroatoms. The Hall–Kier alpha value is -1.32. The predicted octanol–water partition coefficient (Wildman–Crippen LogP) is 3.78. The second-order valence-corrected chi connectivity index (χ2v) is 5.15. The van der Waals surface area contributed by atoms with Gasteiger partial charge in [0.2, 0.25) is 5.92 Å². The number of alkyl halides is 2. The number of benzene rings is 1. The number of anilines is 1. The van der Waals surface area contributed by atoms with Crippen LogP contribution in [0.25, 0.3) is 0 Å². The highest BCUT2D eigenvalue weighted by Crippen LogP contribution is 2.37. The molecule has 0 spiro atoms. The zero-order chi connectivity index (χ0) is 13.2. The van der Waals surface area contributed by atoms with E-state index < -0.39 is 5.92 Å². The van der Waals surface area contributed by atoms with Gasteiger partial charge < -0.3 is 10.5 Å². The molecule has 18 heavy (non-hydrogen) atoms. The van der Waals surface area contributed by atoms with E-state index in [2.05, 4.69) is 0 Å². The largest absolute Gasteiger partial charge is 0.493 e. The molecule has 2 nitrogen and oxygen atoms in total. The molecule has 1 atom stereocenters. The number of ether oxygens (including phenoxy) is 1. The number of rotatable bonds is 3. The van der Waals surface area contributed by atoms with Gasteiger partial charge >= 0.3 is 0 Å². The quantitative estimate of drug-likeness (QED) is 0.834. The van der Waals surface area contributed by atoms with Crippen LogP contribution in [0.15, 0.2) is 18.2 Å². The summed E-state index contributed by atoms with van der Waals surface area (Å²) in [5, 5.41) is 0. The molecular weight excluding hydrogens is 236 g/mol. The fourth-order valence-corrected chi connectivity index (χ4v) is 2.40. The van der Waals surface area contributed by atoms with E-state index in [1.807, 2.05) is 13.0 Å². The molecule has 0 amide bonds. The molecule has 1 unspecified atom stereocenters. The van der Waals surface area contributed by atoms with Crippen molar-refractivity contribution in [2.75, 3.05) is 12.3 Å². The molecule has 0 saturated heterocycles. The highest BCUT2D eigenvalue weighted by Gasteiger charge is 2.36. The van der Waals surface area contributed by atoms with Crippen molar-refractivity contribution in [2.24, 2.45) is 5.92 Å². The van der Waals surface area contributed by atoms with E-state index in [1.165, 1.54) is 0 Å². The van der Waals surface area contributed by atoms with Gasteiger partial charge in [0.1, 0.15) is 5.75 Å². The molecule has 2 rings (SSSR count). The SMILES string of the molecule is Cc1ccc(N)cc1OCC1CCCC(F)(F)C1. The Morgan fingerprint density at radius 2 is 2.22 bits per heavy atom. The maximum absolute atomic E-state index is 13.2. The monoisotopic (exact) mass is 255 g/mol. The molecule has 100 valence electrons. The van der Waals surface area contributed by atoms with Crippen molar-refractivity contribution < 1.29 is 13.5 Å². The normalized spacial score (nSPS) is 22.7. The number of nitrogens with two attached hydrogens (primary N) is 1. The standard InChI is InChI=1S/C14H19F2NO/c1-10-4-5-12(17)7-13(10)18-9-11-3-2-6-14(15,16)8-11/h4-5,7,11H,2-3,6,8-9,17H2,1H3. The molecule has 1 aromatic carbocycles. The van der Waals surface area contributed by atoms with E-state index in [-0.39, 0.29) is 18.8 Å². The van der Waals surface area contributed by atoms with E-state index in [1.54, 1.807) is 12.1 Å². The summed E-state index contributed by atoms with van der Waals surface area (Å²) in [5.74, 6) is -1.88. The Balaban J connectivity index is 1.93. The van der Waals surface area contributed by atoms with Gasteiger partial charge in [0.05, 0.1) is 6.61 Å². The topological polar surface area (TPSA) is 35.2 Å². The van der Waals surface area contributed by atoms with E-state index in [4.69, 9.17) is 10.5 Å². The third-order valence-electron chi connectivity index (χ3n) is 3.43. The lowest BCUT2D eigenvalue weighted by molar-refractivity contribution is -0.0585. The lowest BCUT2D eigenvalue weighted by Crippen LogP contribution is -2.29. The zero-order valence-electron chi connectivity index (χ0n) is 10.6. The van der Waals surface area contributed by atoms with Gasteiger partial charge in [-0.2, -0.15) is 0 Å². The first-order valence-electron chi connectivity index (χ1n) is 6.33. The Labute approximate surface area is 106 Å². The molecule has 0 aliphatic heterocycles. The minimum absolute atomic E-state index is 0.0147. The zero-order valence-corrected chi connectivity index (χ0v) is 10.6. The van der Waals surface area contributed by atoms with Crippen LogP contribution in [0.3, 0.4) is 0 Å². The van der Waals surface area contributed by atoms with Gasteiger partial charge in [-0.15, -0.1) is 0 Å². The van der Waals surface area contributed by atoms with Crippen LogP contribution < -0.4 is 10.5 Å². The van der Waals surface area contributed by atoms with Crippen LogP contribution in [-0.2, 0) is 0 Å². The second kappa shape index (κ2) is 5.12. The van der Waals surface area contributed by atoms with Crippen LogP contribution in [0, 0.1) is 12.8 Å². The number of hydrogen-bond donors (Lipinski definition) is 1. The summed E-state index contributed by atoms with van der Waals surface area (Å²) in [4.78, 5) is 0. The molecule has 0 heterocycles. The summed E-state index contributed by atoms with van der Waals surface area (Å²) >= 11 is 0. The molecule has 1 fully saturated rings. The average Bonchev–Trinajstić information content (AvgIpc) is 2.29. The molecular formula is C14H19F2NO. The average molecular weight is 255 g/mol. The molecule has 1 aliphatic rings. The maximum atomic E-state index is 13.2. The number of halogens is 2. The fourth-order valence-electron chi connectivity index (χ4n) is 2.40. The number of nitrogen functional groups attached to an aromatic ring is 1. The van der Waals surface area contributed by atoms with Gasteiger partial charge in [0, 0.05) is 24.6 Å². The van der Waals surface area contributed by atoms with Crippen LogP contribution in [0.2, 0.25) is 0 Å². The molecule has 0 bridgehead atoms. The van der Waals surface area contributed by atoms with Crippen LogP contribution >= 0.6 is 0 Å². The summed E-state index contributed by atoms with van der Waals surface area (Å²) in [6.45, 7) is 2.27. The molecule has 1 saturated carbocycles. The van der Waals surface area contributed by atoms with Crippen LogP contribution in [0.1, 0.15) is 31.2 Å². The van der Waals surface area contributed by atoms with E-state index in [9.17, 15) is 8.78 Å². The fraction of sp³-hybridized carbons (Fsp3) is 0.571. The molecule has 0 aromatic heterocycles. The molecule has 1 aliphatic carbocycles.